The van der Waals surface area contributed by atoms with Gasteiger partial charge in [-0.2, -0.15) is 8.42 Å². The van der Waals surface area contributed by atoms with Crippen molar-refractivity contribution in [2.24, 2.45) is 5.11 Å². The van der Waals surface area contributed by atoms with Crippen molar-refractivity contribution < 1.29 is 17.7 Å². The minimum atomic E-state index is -3.65. The van der Waals surface area contributed by atoms with Crippen molar-refractivity contribution in [3.8, 4) is 0 Å². The van der Waals surface area contributed by atoms with E-state index in [1.54, 1.807) is 0 Å². The molecule has 0 aromatic rings. The maximum Gasteiger partial charge on any atom is 0.269 e. The molecule has 0 bridgehead atoms. The highest BCUT2D eigenvalue weighted by Gasteiger charge is 2.08. The van der Waals surface area contributed by atoms with Crippen LogP contribution in [0.1, 0.15) is 0 Å². The Bertz CT molecular complexity index is 255. The third kappa shape index (κ3) is 5.93. The van der Waals surface area contributed by atoms with Crippen LogP contribution in [0.25, 0.3) is 10.4 Å². The molecule has 8 heteroatoms. The highest BCUT2D eigenvalue weighted by atomic mass is 32.2. The molecule has 7 nitrogen and oxygen atoms in total. The van der Waals surface area contributed by atoms with Gasteiger partial charge in [0.15, 0.2) is 0 Å². The molecule has 0 unspecified atom stereocenters. The number of nitrogens with zero attached hydrogens (tertiary/aromatic N) is 3. The smallest absolute Gasteiger partial charge is 0.269 e. The van der Waals surface area contributed by atoms with E-state index in [-0.39, 0.29) is 13.2 Å². The molecule has 0 aliphatic rings. The van der Waals surface area contributed by atoms with E-state index in [2.05, 4.69) is 14.2 Å². The minimum Gasteiger partial charge on any atom is -0.395 e. The van der Waals surface area contributed by atoms with Gasteiger partial charge < -0.3 is 5.11 Å². The Morgan fingerprint density at radius 2 is 2.25 bits per heavy atom. The van der Waals surface area contributed by atoms with Crippen molar-refractivity contribution in [1.29, 1.82) is 0 Å². The van der Waals surface area contributed by atoms with E-state index in [0.717, 1.165) is 0 Å². The molecule has 0 saturated carbocycles. The maximum atomic E-state index is 10.7. The Kier molecular flexibility index (Phi) is 5.39. The van der Waals surface area contributed by atoms with Crippen LogP contribution in [0.2, 0.25) is 0 Å². The van der Waals surface area contributed by atoms with E-state index < -0.39 is 22.5 Å². The highest BCUT2D eigenvalue weighted by molar-refractivity contribution is 7.86. The monoisotopic (exact) mass is 195 g/mol. The van der Waals surface area contributed by atoms with Crippen LogP contribution in [0.5, 0.6) is 0 Å². The quantitative estimate of drug-likeness (QED) is 0.205. The second kappa shape index (κ2) is 5.78. The first-order valence-corrected chi connectivity index (χ1v) is 4.69. The molecule has 0 aliphatic heterocycles. The predicted octanol–water partition coefficient (Wildman–Crippen LogP) is -0.365. The van der Waals surface area contributed by atoms with Gasteiger partial charge in [0.25, 0.3) is 10.1 Å². The summed E-state index contributed by atoms with van der Waals surface area (Å²) in [4.78, 5) is 2.40. The third-order valence-electron chi connectivity index (χ3n) is 0.859. The fourth-order valence-corrected chi connectivity index (χ4v) is 1.09. The lowest BCUT2D eigenvalue weighted by Crippen LogP contribution is -2.14. The molecule has 0 heterocycles. The fraction of sp³-hybridized carbons (Fsp3) is 1.00. The highest BCUT2D eigenvalue weighted by Crippen LogP contribution is 1.91. The summed E-state index contributed by atoms with van der Waals surface area (Å²) in [6, 6.07) is 0. The Balaban J connectivity index is 3.69. The van der Waals surface area contributed by atoms with E-state index >= 15 is 0 Å². The number of hydrogen-bond acceptors (Lipinski definition) is 5. The largest absolute Gasteiger partial charge is 0.395 e. The first-order valence-electron chi connectivity index (χ1n) is 3.11. The van der Waals surface area contributed by atoms with E-state index in [1.165, 1.54) is 0 Å². The lowest BCUT2D eigenvalue weighted by atomic mass is 10.8. The second-order valence-corrected chi connectivity index (χ2v) is 3.52. The van der Waals surface area contributed by atoms with Gasteiger partial charge >= 0.3 is 0 Å². The normalized spacial score (nSPS) is 10.8. The molecule has 0 rings (SSSR count). The minimum absolute atomic E-state index is 0.0405. The molecule has 0 saturated heterocycles. The predicted molar refractivity (Wildman–Crippen MR) is 40.8 cm³/mol. The lowest BCUT2D eigenvalue weighted by molar-refractivity contribution is 0.295. The molecule has 0 amide bonds. The van der Waals surface area contributed by atoms with Crippen molar-refractivity contribution in [3.63, 3.8) is 0 Å². The van der Waals surface area contributed by atoms with Gasteiger partial charge in [-0.05, 0) is 5.53 Å². The van der Waals surface area contributed by atoms with Crippen molar-refractivity contribution in [2.45, 2.75) is 0 Å². The van der Waals surface area contributed by atoms with Crippen LogP contribution in [-0.4, -0.2) is 39.0 Å². The van der Waals surface area contributed by atoms with Gasteiger partial charge in [0.1, 0.15) is 0 Å². The summed E-state index contributed by atoms with van der Waals surface area (Å²) in [5, 5.41) is 11.3. The molecule has 0 spiro atoms. The first-order chi connectivity index (χ1) is 5.62. The van der Waals surface area contributed by atoms with Crippen LogP contribution in [0.3, 0.4) is 0 Å². The summed E-state index contributed by atoms with van der Waals surface area (Å²) in [6.45, 7) is -0.711. The van der Waals surface area contributed by atoms with E-state index in [4.69, 9.17) is 10.6 Å². The molecule has 0 atom stereocenters. The maximum absolute atomic E-state index is 10.7. The number of hydrogen-bond donors (Lipinski definition) is 1. The molecule has 0 aliphatic carbocycles. The lowest BCUT2D eigenvalue weighted by Gasteiger charge is -2.00. The van der Waals surface area contributed by atoms with Crippen molar-refractivity contribution in [2.75, 3.05) is 25.5 Å². The van der Waals surface area contributed by atoms with Gasteiger partial charge in [0, 0.05) is 4.91 Å². The fourth-order valence-electron chi connectivity index (χ4n) is 0.421. The number of aliphatic hydroxyl groups excluding tert-OH is 1. The Hall–Kier alpha value is -0.820. The molecular formula is C4H9N3O4S. The molecule has 1 N–H and O–H groups in total. The van der Waals surface area contributed by atoms with E-state index in [0.29, 0.717) is 0 Å². The van der Waals surface area contributed by atoms with Gasteiger partial charge in [0.05, 0.1) is 25.5 Å². The zero-order chi connectivity index (χ0) is 9.45. The molecule has 0 fully saturated rings. The van der Waals surface area contributed by atoms with Crippen LogP contribution in [0.4, 0.5) is 0 Å². The average Bonchev–Trinajstić information content (AvgIpc) is 1.98. The summed E-state index contributed by atoms with van der Waals surface area (Å²) in [6.07, 6.45) is 0. The van der Waals surface area contributed by atoms with Gasteiger partial charge in [-0.25, -0.2) is 0 Å². The third-order valence-corrected chi connectivity index (χ3v) is 2.07. The molecular weight excluding hydrogens is 186 g/mol. The van der Waals surface area contributed by atoms with Gasteiger partial charge in [-0.15, -0.1) is 0 Å². The zero-order valence-corrected chi connectivity index (χ0v) is 7.07. The van der Waals surface area contributed by atoms with Crippen molar-refractivity contribution in [3.05, 3.63) is 10.4 Å². The van der Waals surface area contributed by atoms with Crippen LogP contribution in [0.15, 0.2) is 5.11 Å². The average molecular weight is 195 g/mol. The summed E-state index contributed by atoms with van der Waals surface area (Å²) in [5.41, 5.74) is 7.81. The van der Waals surface area contributed by atoms with Crippen molar-refractivity contribution in [1.82, 2.24) is 0 Å². The molecule has 12 heavy (non-hydrogen) atoms. The summed E-state index contributed by atoms with van der Waals surface area (Å²) in [7, 11) is -3.65. The molecule has 0 radical (unpaired) electrons. The number of aliphatic hydroxyl groups is 1. The van der Waals surface area contributed by atoms with Crippen LogP contribution in [0, 0.1) is 0 Å². The number of azide groups is 1. The Labute approximate surface area is 69.7 Å². The SMILES string of the molecule is [N-]=[N+]=NCCOS(=O)(=O)CCO. The van der Waals surface area contributed by atoms with Crippen LogP contribution < -0.4 is 0 Å². The van der Waals surface area contributed by atoms with Crippen LogP contribution >= 0.6 is 0 Å². The molecule has 0 aromatic heterocycles. The number of rotatable bonds is 6. The van der Waals surface area contributed by atoms with Crippen LogP contribution in [-0.2, 0) is 14.3 Å². The molecule has 0 aromatic carbocycles. The first kappa shape index (κ1) is 11.2. The van der Waals surface area contributed by atoms with Gasteiger partial charge in [0.2, 0.25) is 0 Å². The van der Waals surface area contributed by atoms with E-state index in [1.807, 2.05) is 0 Å². The summed E-state index contributed by atoms with van der Waals surface area (Å²) >= 11 is 0. The standard InChI is InChI=1S/C4H9N3O4S/c5-7-6-1-3-11-12(9,10)4-2-8/h8H,1-4H2. The Morgan fingerprint density at radius 1 is 1.58 bits per heavy atom. The summed E-state index contributed by atoms with van der Waals surface area (Å²) < 4.78 is 25.7. The molecule has 70 valence electrons. The zero-order valence-electron chi connectivity index (χ0n) is 6.25. The van der Waals surface area contributed by atoms with E-state index in [9.17, 15) is 8.42 Å². The van der Waals surface area contributed by atoms with Gasteiger partial charge in [-0.3, -0.25) is 4.18 Å². The van der Waals surface area contributed by atoms with Crippen molar-refractivity contribution >= 4 is 10.1 Å². The Morgan fingerprint density at radius 3 is 2.75 bits per heavy atom. The topological polar surface area (TPSA) is 112 Å². The van der Waals surface area contributed by atoms with Gasteiger partial charge in [-0.1, -0.05) is 5.11 Å². The second-order valence-electron chi connectivity index (χ2n) is 1.76. The summed E-state index contributed by atoms with van der Waals surface area (Å²) in [5.74, 6) is -0.441.